The van der Waals surface area contributed by atoms with E-state index in [2.05, 4.69) is 15.2 Å². The first-order chi connectivity index (χ1) is 16.1. The van der Waals surface area contributed by atoms with Crippen molar-refractivity contribution in [2.24, 2.45) is 0 Å². The molecule has 0 bridgehead atoms. The minimum Gasteiger partial charge on any atom is -0.490 e. The largest absolute Gasteiger partial charge is 0.490 e. The topological polar surface area (TPSA) is 77.4 Å². The van der Waals surface area contributed by atoms with Crippen LogP contribution in [-0.2, 0) is 4.79 Å². The number of carbonyl (C=O) groups excluding carboxylic acids is 1. The van der Waals surface area contributed by atoms with Gasteiger partial charge in [-0.25, -0.2) is 0 Å². The Labute approximate surface area is 197 Å². The van der Waals surface area contributed by atoms with Crippen molar-refractivity contribution >= 4 is 23.4 Å². The second-order valence-electron chi connectivity index (χ2n) is 8.15. The van der Waals surface area contributed by atoms with E-state index in [1.54, 1.807) is 4.90 Å². The lowest BCUT2D eigenvalue weighted by Gasteiger charge is -2.30. The number of rotatable bonds is 5. The summed E-state index contributed by atoms with van der Waals surface area (Å²) in [4.78, 5) is 19.1. The van der Waals surface area contributed by atoms with Crippen LogP contribution in [0.1, 0.15) is 51.3 Å². The molecule has 170 valence electrons. The van der Waals surface area contributed by atoms with Gasteiger partial charge in [0.05, 0.1) is 11.8 Å². The quantitative estimate of drug-likeness (QED) is 0.469. The lowest BCUT2D eigenvalue weighted by molar-refractivity contribution is -0.118. The first kappa shape index (κ1) is 21.7. The van der Waals surface area contributed by atoms with Gasteiger partial charge in [0.1, 0.15) is 5.75 Å². The standard InChI is InChI=1S/C25H26N4O3S/c1-3-33-25-26-23-22(27-28-25)20-10-6-7-11-21(20)29(16(2)30)24(32-23)17-12-14-19(15-13-17)31-18-8-4-5-9-18/h6-7,10-15,18,24H,3-5,8-9H2,1-2H3/t24-/m1/s1. The molecule has 0 spiro atoms. The van der Waals surface area contributed by atoms with Crippen molar-refractivity contribution in [3.63, 3.8) is 0 Å². The van der Waals surface area contributed by atoms with Gasteiger partial charge in [0.15, 0.2) is 5.69 Å². The predicted molar refractivity (Wildman–Crippen MR) is 128 cm³/mol. The minimum absolute atomic E-state index is 0.136. The van der Waals surface area contributed by atoms with Crippen molar-refractivity contribution in [3.05, 3.63) is 54.1 Å². The van der Waals surface area contributed by atoms with E-state index in [1.165, 1.54) is 31.5 Å². The van der Waals surface area contributed by atoms with Crippen LogP contribution in [0.25, 0.3) is 11.3 Å². The monoisotopic (exact) mass is 462 g/mol. The molecule has 0 unspecified atom stereocenters. The molecule has 2 aromatic carbocycles. The van der Waals surface area contributed by atoms with Crippen molar-refractivity contribution in [3.8, 4) is 22.9 Å². The number of nitrogens with zero attached hydrogens (tertiary/aromatic N) is 4. The molecule has 1 aliphatic carbocycles. The lowest BCUT2D eigenvalue weighted by atomic mass is 10.1. The average Bonchev–Trinajstić information content (AvgIpc) is 3.28. The van der Waals surface area contributed by atoms with Crippen LogP contribution < -0.4 is 14.4 Å². The van der Waals surface area contributed by atoms with Gasteiger partial charge in [-0.15, -0.1) is 10.2 Å². The third-order valence-electron chi connectivity index (χ3n) is 5.89. The SMILES string of the molecule is CCSc1nnc2c(n1)O[C@H](c1ccc(OC3CCCC3)cc1)N(C(C)=O)c1ccccc1-2. The average molecular weight is 463 g/mol. The summed E-state index contributed by atoms with van der Waals surface area (Å²) in [6.45, 7) is 3.57. The van der Waals surface area contributed by atoms with Crippen molar-refractivity contribution in [1.29, 1.82) is 0 Å². The maximum absolute atomic E-state index is 12.9. The second-order valence-corrected chi connectivity index (χ2v) is 9.38. The van der Waals surface area contributed by atoms with Crippen LogP contribution in [0, 0.1) is 0 Å². The van der Waals surface area contributed by atoms with Gasteiger partial charge in [0.25, 0.3) is 0 Å². The number of aromatic nitrogens is 3. The highest BCUT2D eigenvalue weighted by Gasteiger charge is 2.34. The number of benzene rings is 2. The van der Waals surface area contributed by atoms with Gasteiger partial charge in [-0.3, -0.25) is 9.69 Å². The summed E-state index contributed by atoms with van der Waals surface area (Å²) >= 11 is 1.50. The van der Waals surface area contributed by atoms with Gasteiger partial charge in [-0.05, 0) is 61.8 Å². The normalized spacial score (nSPS) is 17.6. The van der Waals surface area contributed by atoms with Gasteiger partial charge in [-0.2, -0.15) is 4.98 Å². The molecular weight excluding hydrogens is 436 g/mol. The Morgan fingerprint density at radius 1 is 1.12 bits per heavy atom. The molecule has 1 aromatic heterocycles. The molecule has 1 saturated carbocycles. The van der Waals surface area contributed by atoms with E-state index >= 15 is 0 Å². The molecule has 3 aromatic rings. The van der Waals surface area contributed by atoms with E-state index in [-0.39, 0.29) is 12.0 Å². The molecule has 0 radical (unpaired) electrons. The molecule has 1 aliphatic heterocycles. The first-order valence-electron chi connectivity index (χ1n) is 11.3. The Bertz CT molecular complexity index is 1150. The lowest BCUT2D eigenvalue weighted by Crippen LogP contribution is -2.36. The molecular formula is C25H26N4O3S. The Morgan fingerprint density at radius 2 is 1.88 bits per heavy atom. The predicted octanol–water partition coefficient (Wildman–Crippen LogP) is 5.42. The van der Waals surface area contributed by atoms with Crippen LogP contribution in [0.5, 0.6) is 11.6 Å². The Kier molecular flexibility index (Phi) is 6.17. The molecule has 0 saturated heterocycles. The van der Waals surface area contributed by atoms with Crippen molar-refractivity contribution in [2.45, 2.75) is 57.0 Å². The van der Waals surface area contributed by atoms with Crippen LogP contribution in [-0.4, -0.2) is 32.9 Å². The smallest absolute Gasteiger partial charge is 0.247 e. The van der Waals surface area contributed by atoms with Crippen LogP contribution in [0.3, 0.4) is 0 Å². The maximum Gasteiger partial charge on any atom is 0.247 e. The van der Waals surface area contributed by atoms with E-state index in [4.69, 9.17) is 9.47 Å². The molecule has 2 heterocycles. The van der Waals surface area contributed by atoms with E-state index in [1.807, 2.05) is 55.5 Å². The first-order valence-corrected chi connectivity index (χ1v) is 12.3. The fourth-order valence-electron chi connectivity index (χ4n) is 4.37. The third kappa shape index (κ3) is 4.39. The zero-order chi connectivity index (χ0) is 22.8. The van der Waals surface area contributed by atoms with Gasteiger partial charge in [0.2, 0.25) is 23.2 Å². The van der Waals surface area contributed by atoms with Crippen LogP contribution in [0.4, 0.5) is 5.69 Å². The van der Waals surface area contributed by atoms with E-state index in [0.717, 1.165) is 35.5 Å². The number of anilines is 1. The van der Waals surface area contributed by atoms with Crippen molar-refractivity contribution in [2.75, 3.05) is 10.7 Å². The molecule has 8 heteroatoms. The van der Waals surface area contributed by atoms with Crippen LogP contribution >= 0.6 is 11.8 Å². The number of ether oxygens (including phenoxy) is 2. The fourth-order valence-corrected chi connectivity index (χ4v) is 4.87. The highest BCUT2D eigenvalue weighted by molar-refractivity contribution is 7.99. The molecule has 1 fully saturated rings. The molecule has 0 N–H and O–H groups in total. The van der Waals surface area contributed by atoms with E-state index in [0.29, 0.717) is 22.4 Å². The number of fused-ring (bicyclic) bond motifs is 3. The van der Waals surface area contributed by atoms with Gasteiger partial charge >= 0.3 is 0 Å². The van der Waals surface area contributed by atoms with Crippen LogP contribution in [0.15, 0.2) is 53.7 Å². The van der Waals surface area contributed by atoms with E-state index < -0.39 is 6.23 Å². The van der Waals surface area contributed by atoms with Crippen LogP contribution in [0.2, 0.25) is 0 Å². The molecule has 5 rings (SSSR count). The summed E-state index contributed by atoms with van der Waals surface area (Å²) in [6.07, 6.45) is 4.24. The molecule has 7 nitrogen and oxygen atoms in total. The highest BCUT2D eigenvalue weighted by Crippen LogP contribution is 2.43. The zero-order valence-electron chi connectivity index (χ0n) is 18.7. The van der Waals surface area contributed by atoms with Crippen molar-refractivity contribution < 1.29 is 14.3 Å². The molecule has 1 atom stereocenters. The third-order valence-corrected chi connectivity index (χ3v) is 6.61. The summed E-state index contributed by atoms with van der Waals surface area (Å²) < 4.78 is 12.5. The maximum atomic E-state index is 12.9. The van der Waals surface area contributed by atoms with E-state index in [9.17, 15) is 4.79 Å². The second kappa shape index (κ2) is 9.39. The highest BCUT2D eigenvalue weighted by atomic mass is 32.2. The summed E-state index contributed by atoms with van der Waals surface area (Å²) in [5, 5.41) is 9.21. The number of thioether (sulfide) groups is 1. The number of carbonyl (C=O) groups is 1. The number of para-hydroxylation sites is 1. The molecule has 1 amide bonds. The summed E-state index contributed by atoms with van der Waals surface area (Å²) in [5.41, 5.74) is 2.84. The molecule has 2 aliphatic rings. The number of hydrogen-bond acceptors (Lipinski definition) is 7. The summed E-state index contributed by atoms with van der Waals surface area (Å²) in [7, 11) is 0. The molecule has 33 heavy (non-hydrogen) atoms. The summed E-state index contributed by atoms with van der Waals surface area (Å²) in [6, 6.07) is 15.4. The minimum atomic E-state index is -0.693. The fraction of sp³-hybridized carbons (Fsp3) is 0.360. The Balaban J connectivity index is 1.56. The number of hydrogen-bond donors (Lipinski definition) is 0. The van der Waals surface area contributed by atoms with Gasteiger partial charge < -0.3 is 9.47 Å². The number of amides is 1. The van der Waals surface area contributed by atoms with Gasteiger partial charge in [-0.1, -0.05) is 36.9 Å². The van der Waals surface area contributed by atoms with Crippen molar-refractivity contribution in [1.82, 2.24) is 15.2 Å². The van der Waals surface area contributed by atoms with Gasteiger partial charge in [0, 0.05) is 18.1 Å². The summed E-state index contributed by atoms with van der Waals surface area (Å²) in [5.74, 6) is 1.89. The zero-order valence-corrected chi connectivity index (χ0v) is 19.5. The Hall–Kier alpha value is -3.13. The Morgan fingerprint density at radius 3 is 2.61 bits per heavy atom.